The molecule has 42 heavy (non-hydrogen) atoms. The van der Waals surface area contributed by atoms with Crippen LogP contribution in [0, 0.1) is 34.0 Å². The number of aliphatic carboxylic acids is 2. The van der Waals surface area contributed by atoms with E-state index in [4.69, 9.17) is 14.9 Å². The van der Waals surface area contributed by atoms with Crippen LogP contribution in [0.2, 0.25) is 0 Å². The maximum Gasteiger partial charge on any atom is 0.328 e. The maximum absolute atomic E-state index is 13.4. The molecule has 3 saturated carbocycles. The van der Waals surface area contributed by atoms with E-state index in [9.17, 15) is 24.3 Å². The number of carbonyl (C=O) groups is 4. The molecular weight excluding hydrogens is 558 g/mol. The Morgan fingerprint density at radius 2 is 1.69 bits per heavy atom. The first-order valence-electron chi connectivity index (χ1n) is 15.1. The Morgan fingerprint density at radius 3 is 2.21 bits per heavy atom. The summed E-state index contributed by atoms with van der Waals surface area (Å²) in [6.07, 6.45) is 5.76. The molecule has 9 nitrogen and oxygen atoms in total. The summed E-state index contributed by atoms with van der Waals surface area (Å²) in [6, 6.07) is 0. The van der Waals surface area contributed by atoms with Gasteiger partial charge in [0.2, 0.25) is 0 Å². The van der Waals surface area contributed by atoms with Crippen LogP contribution in [-0.4, -0.2) is 87.3 Å². The van der Waals surface area contributed by atoms with Gasteiger partial charge in [-0.05, 0) is 56.0 Å². The van der Waals surface area contributed by atoms with Crippen molar-refractivity contribution in [1.29, 1.82) is 0 Å². The first-order chi connectivity index (χ1) is 19.6. The van der Waals surface area contributed by atoms with Crippen LogP contribution in [0.3, 0.4) is 0 Å². The number of hydrogen-bond acceptors (Lipinski definition) is 8. The highest BCUT2D eigenvalue weighted by molar-refractivity contribution is 7.99. The average Bonchev–Trinajstić information content (AvgIpc) is 3.30. The quantitative estimate of drug-likeness (QED) is 0.131. The second kappa shape index (κ2) is 15.0. The van der Waals surface area contributed by atoms with Gasteiger partial charge < -0.3 is 25.0 Å². The summed E-state index contributed by atoms with van der Waals surface area (Å²) < 4.78 is 6.30. The molecule has 3 fully saturated rings. The lowest BCUT2D eigenvalue weighted by Crippen LogP contribution is -2.63. The van der Waals surface area contributed by atoms with Gasteiger partial charge in [0.15, 0.2) is 0 Å². The summed E-state index contributed by atoms with van der Waals surface area (Å²) in [5.74, 6) is -1.14. The van der Waals surface area contributed by atoms with Crippen molar-refractivity contribution in [3.05, 3.63) is 24.8 Å². The molecule has 8 atom stereocenters. The van der Waals surface area contributed by atoms with Gasteiger partial charge in [0, 0.05) is 47.6 Å². The van der Waals surface area contributed by atoms with Gasteiger partial charge in [-0.3, -0.25) is 9.59 Å². The highest BCUT2D eigenvalue weighted by Crippen LogP contribution is 2.68. The largest absolute Gasteiger partial charge is 0.478 e. The van der Waals surface area contributed by atoms with Gasteiger partial charge in [0.05, 0.1) is 11.9 Å². The van der Waals surface area contributed by atoms with Crippen molar-refractivity contribution in [3.63, 3.8) is 0 Å². The number of thioether (sulfide) groups is 1. The summed E-state index contributed by atoms with van der Waals surface area (Å²) >= 11 is 1.61. The predicted molar refractivity (Wildman–Crippen MR) is 164 cm³/mol. The Kier molecular flexibility index (Phi) is 12.9. The van der Waals surface area contributed by atoms with Crippen LogP contribution in [0.15, 0.2) is 24.8 Å². The van der Waals surface area contributed by atoms with Crippen molar-refractivity contribution in [3.8, 4) is 0 Å². The molecule has 0 aliphatic heterocycles. The molecule has 0 heterocycles. The first-order valence-corrected chi connectivity index (χ1v) is 16.3. The van der Waals surface area contributed by atoms with Crippen LogP contribution < -0.4 is 0 Å². The van der Waals surface area contributed by atoms with Crippen LogP contribution in [-0.2, 0) is 23.9 Å². The van der Waals surface area contributed by atoms with Gasteiger partial charge in [0.25, 0.3) is 0 Å². The van der Waals surface area contributed by atoms with Crippen molar-refractivity contribution < 1.29 is 39.2 Å². The topological polar surface area (TPSA) is 141 Å². The van der Waals surface area contributed by atoms with Crippen LogP contribution in [0.25, 0.3) is 0 Å². The van der Waals surface area contributed by atoms with Gasteiger partial charge in [-0.2, -0.15) is 0 Å². The third-order valence-electron chi connectivity index (χ3n) is 10.6. The SMILES string of the molecule is C=C[C@]1(C)C[C@@H](OC(=O)CSCCN(CC)CC)C2(C)[C@H](C)CCC3(CCC(=O)[C@@H]32)[C@@H](C)[C@@H]1O.O=C(O)/C=C/C(=O)O. The van der Waals surface area contributed by atoms with E-state index >= 15 is 0 Å². The number of hydrogen-bond donors (Lipinski definition) is 3. The van der Waals surface area contributed by atoms with E-state index in [1.165, 1.54) is 0 Å². The van der Waals surface area contributed by atoms with Crippen molar-refractivity contribution in [2.24, 2.45) is 34.0 Å². The van der Waals surface area contributed by atoms with Gasteiger partial charge in [-0.25, -0.2) is 9.59 Å². The lowest BCUT2D eigenvalue weighted by Gasteiger charge is -2.61. The van der Waals surface area contributed by atoms with Crippen LogP contribution in [0.5, 0.6) is 0 Å². The zero-order valence-corrected chi connectivity index (χ0v) is 27.0. The highest BCUT2D eigenvalue weighted by Gasteiger charge is 2.68. The molecule has 0 aromatic rings. The Morgan fingerprint density at radius 1 is 1.10 bits per heavy atom. The monoisotopic (exact) mass is 609 g/mol. The Balaban J connectivity index is 0.000000675. The third kappa shape index (κ3) is 7.66. The smallest absolute Gasteiger partial charge is 0.328 e. The molecule has 2 bridgehead atoms. The second-order valence-corrected chi connectivity index (χ2v) is 13.8. The zero-order chi connectivity index (χ0) is 31.9. The molecule has 3 aliphatic carbocycles. The highest BCUT2D eigenvalue weighted by atomic mass is 32.2. The number of esters is 1. The molecule has 3 aliphatic rings. The van der Waals surface area contributed by atoms with Gasteiger partial charge in [-0.1, -0.05) is 47.6 Å². The fourth-order valence-electron chi connectivity index (χ4n) is 7.73. The Labute approximate surface area is 255 Å². The lowest BCUT2D eigenvalue weighted by atomic mass is 9.44. The van der Waals surface area contributed by atoms with Gasteiger partial charge >= 0.3 is 17.9 Å². The molecule has 0 saturated heterocycles. The number of carboxylic acids is 2. The van der Waals surface area contributed by atoms with Crippen molar-refractivity contribution in [1.82, 2.24) is 4.90 Å². The second-order valence-electron chi connectivity index (χ2n) is 12.7. The molecular formula is C32H51NO8S. The molecule has 0 aromatic carbocycles. The van der Waals surface area contributed by atoms with Gasteiger partial charge in [0.1, 0.15) is 11.9 Å². The number of rotatable bonds is 11. The number of carboxylic acid groups (broad SMARTS) is 2. The third-order valence-corrected chi connectivity index (χ3v) is 11.5. The summed E-state index contributed by atoms with van der Waals surface area (Å²) in [4.78, 5) is 48.0. The summed E-state index contributed by atoms with van der Waals surface area (Å²) in [6.45, 7) is 20.0. The number of Topliss-reactive ketones (excluding diaryl/α,β-unsaturated/α-hetero) is 1. The molecule has 0 radical (unpaired) electrons. The molecule has 2 unspecified atom stereocenters. The number of aliphatic hydroxyl groups is 1. The number of ketones is 1. The molecule has 0 spiro atoms. The molecule has 3 N–H and O–H groups in total. The van der Waals surface area contributed by atoms with Crippen LogP contribution in [0.4, 0.5) is 0 Å². The van der Waals surface area contributed by atoms with Crippen molar-refractivity contribution in [2.45, 2.75) is 85.9 Å². The summed E-state index contributed by atoms with van der Waals surface area (Å²) in [5.41, 5.74) is -1.25. The van der Waals surface area contributed by atoms with Crippen LogP contribution >= 0.6 is 11.8 Å². The van der Waals surface area contributed by atoms with E-state index < -0.39 is 35.0 Å². The molecule has 0 amide bonds. The van der Waals surface area contributed by atoms with E-state index in [0.29, 0.717) is 36.5 Å². The standard InChI is InChI=1S/C28H47NO4S.C4H4O4/c1-8-26(6)17-22(33-23(31)18-34-16-15-29(9-2)10-3)27(7)19(4)11-13-28(20(5)25(26)32)14-12-21(30)24(27)28;5-3(6)1-2-4(7)8/h8,19-20,22,24-25,32H,1,9-18H2,2-7H3;1-2H,(H,5,6)(H,7,8)/b;2-1+/t19-,20+,22-,24-,25+,26-,27?,28?;/m1./s1. The Hall–Kier alpha value is -2.17. The number of carbonyl (C=O) groups excluding carboxylic acids is 2. The normalized spacial score (nSPS) is 35.9. The minimum absolute atomic E-state index is 0.00828. The summed E-state index contributed by atoms with van der Waals surface area (Å²) in [5, 5.41) is 27.2. The lowest BCUT2D eigenvalue weighted by molar-refractivity contribution is -0.205. The van der Waals surface area contributed by atoms with E-state index in [1.807, 2.05) is 13.0 Å². The van der Waals surface area contributed by atoms with E-state index in [0.717, 1.165) is 44.6 Å². The first kappa shape index (κ1) is 36.0. The molecule has 3 rings (SSSR count). The zero-order valence-electron chi connectivity index (χ0n) is 26.1. The van der Waals surface area contributed by atoms with Crippen molar-refractivity contribution >= 4 is 35.5 Å². The van der Waals surface area contributed by atoms with E-state index in [1.54, 1.807) is 11.8 Å². The van der Waals surface area contributed by atoms with E-state index in [-0.39, 0.29) is 29.1 Å². The summed E-state index contributed by atoms with van der Waals surface area (Å²) in [7, 11) is 0. The van der Waals surface area contributed by atoms with E-state index in [2.05, 4.69) is 46.1 Å². The van der Waals surface area contributed by atoms with Crippen LogP contribution in [0.1, 0.15) is 73.6 Å². The number of aliphatic hydroxyl groups excluding tert-OH is 1. The number of ether oxygens (including phenoxy) is 1. The minimum Gasteiger partial charge on any atom is -0.478 e. The fourth-order valence-corrected chi connectivity index (χ4v) is 8.49. The minimum atomic E-state index is -1.26. The fraction of sp³-hybridized carbons (Fsp3) is 0.750. The number of nitrogens with zero attached hydrogens (tertiary/aromatic N) is 1. The molecule has 238 valence electrons. The maximum atomic E-state index is 13.4. The average molecular weight is 610 g/mol. The predicted octanol–water partition coefficient (Wildman–Crippen LogP) is 4.68. The Bertz CT molecular complexity index is 1010. The molecule has 10 heteroatoms. The molecule has 0 aromatic heterocycles. The van der Waals surface area contributed by atoms with Gasteiger partial charge in [-0.15, -0.1) is 18.3 Å². The van der Waals surface area contributed by atoms with Crippen molar-refractivity contribution in [2.75, 3.05) is 31.1 Å².